The fourth-order valence-electron chi connectivity index (χ4n) is 0. The van der Waals surface area contributed by atoms with E-state index in [-0.39, 0.29) is 45.0 Å². The molecular weight excluding hydrogens is 259 g/mol. The summed E-state index contributed by atoms with van der Waals surface area (Å²) in [5.74, 6) is 0. The zero-order valence-corrected chi connectivity index (χ0v) is 7.12. The fourth-order valence-corrected chi connectivity index (χ4v) is 0. The molecule has 0 fully saturated rings. The molecule has 10 N–H and O–H groups in total. The van der Waals surface area contributed by atoms with E-state index >= 15 is 0 Å². The van der Waals surface area contributed by atoms with Crippen molar-refractivity contribution in [2.24, 2.45) is 0 Å². The molecule has 0 radical (unpaired) electrons. The van der Waals surface area contributed by atoms with Crippen molar-refractivity contribution in [2.75, 3.05) is 0 Å². The second-order valence-electron chi connectivity index (χ2n) is 0.448. The Hall–Kier alpha value is 0.372. The molecule has 0 bridgehead atoms. The molecule has 0 aromatic heterocycles. The van der Waals surface area contributed by atoms with Crippen LogP contribution in [0.2, 0.25) is 0 Å². The smallest absolute Gasteiger partial charge is 0.394 e. The van der Waals surface area contributed by atoms with Gasteiger partial charge in [-0.15, -0.1) is 0 Å². The van der Waals surface area contributed by atoms with Crippen molar-refractivity contribution in [3.8, 4) is 0 Å². The summed E-state index contributed by atoms with van der Waals surface area (Å²) in [6.07, 6.45) is 0. The first-order valence-corrected chi connectivity index (χ1v) is 2.10. The van der Waals surface area contributed by atoms with Crippen molar-refractivity contribution in [3.05, 3.63) is 24.6 Å². The predicted octanol–water partition coefficient (Wildman–Crippen LogP) is 2.21. The van der Waals surface area contributed by atoms with E-state index in [1.54, 1.807) is 0 Å². The third-order valence-corrected chi connectivity index (χ3v) is 0. The summed E-state index contributed by atoms with van der Waals surface area (Å²) in [6.45, 7) is 0. The number of hydrogen-bond acceptors (Lipinski definition) is 2. The maximum Gasteiger partial charge on any atom is 0.394 e. The standard InChI is InChI=1S/4H2N.H2O4S.Pd/c;;;;1-5(2,3)4;/h4*1H2;(H2,1,2,3,4);/q4*-1;;. The van der Waals surface area contributed by atoms with Crippen LogP contribution in [0, 0.1) is 0 Å². The SMILES string of the molecule is O=S(=O)(O)O.[NH2-].[NH2-].[NH2-].[NH2-].[Pd]. The first-order valence-electron chi connectivity index (χ1n) is 0.698. The van der Waals surface area contributed by atoms with Gasteiger partial charge in [-0.1, -0.05) is 0 Å². The zero-order chi connectivity index (χ0) is 4.50. The van der Waals surface area contributed by atoms with Gasteiger partial charge in [-0.25, -0.2) is 0 Å². The third kappa shape index (κ3) is 3280. The molecule has 8 nitrogen and oxygen atoms in total. The molecule has 0 heterocycles. The van der Waals surface area contributed by atoms with Gasteiger partial charge in [-0.2, -0.15) is 8.42 Å². The van der Waals surface area contributed by atoms with E-state index < -0.39 is 10.4 Å². The maximum atomic E-state index is 8.74. The minimum atomic E-state index is -4.67. The van der Waals surface area contributed by atoms with Crippen LogP contribution in [0.25, 0.3) is 24.6 Å². The molecule has 10 heteroatoms. The first-order chi connectivity index (χ1) is 2.00. The van der Waals surface area contributed by atoms with Gasteiger partial charge in [-0.3, -0.25) is 9.11 Å². The Morgan fingerprint density at radius 1 is 0.800 bits per heavy atom. The largest absolute Gasteiger partial charge is 0.693 e. The van der Waals surface area contributed by atoms with Gasteiger partial charge < -0.3 is 24.6 Å². The third-order valence-electron chi connectivity index (χ3n) is 0. The molecule has 0 aromatic rings. The van der Waals surface area contributed by atoms with Crippen molar-refractivity contribution in [2.45, 2.75) is 0 Å². The van der Waals surface area contributed by atoms with Gasteiger partial charge in [0.1, 0.15) is 0 Å². The molecular formula is H10N4O4PdS-4. The number of rotatable bonds is 0. The molecule has 0 saturated heterocycles. The van der Waals surface area contributed by atoms with Crippen LogP contribution in [-0.2, 0) is 30.8 Å². The van der Waals surface area contributed by atoms with E-state index in [0.717, 1.165) is 0 Å². The molecule has 0 amide bonds. The Labute approximate surface area is 73.3 Å². The molecule has 0 saturated carbocycles. The van der Waals surface area contributed by atoms with E-state index in [4.69, 9.17) is 17.5 Å². The van der Waals surface area contributed by atoms with E-state index in [0.29, 0.717) is 0 Å². The monoisotopic (exact) mass is 268 g/mol. The van der Waals surface area contributed by atoms with Gasteiger partial charge in [0.15, 0.2) is 0 Å². The Morgan fingerprint density at radius 3 is 0.800 bits per heavy atom. The second kappa shape index (κ2) is 16.2. The van der Waals surface area contributed by atoms with Gasteiger partial charge in [0.05, 0.1) is 0 Å². The molecule has 0 aromatic carbocycles. The van der Waals surface area contributed by atoms with E-state index in [1.807, 2.05) is 0 Å². The number of nitrogens with two attached hydrogens (primary N) is 4. The topological polar surface area (TPSA) is 209 Å². The van der Waals surface area contributed by atoms with Gasteiger partial charge in [-0.05, 0) is 0 Å². The van der Waals surface area contributed by atoms with E-state index in [1.165, 1.54) is 0 Å². The maximum absolute atomic E-state index is 8.74. The summed E-state index contributed by atoms with van der Waals surface area (Å²) in [4.78, 5) is 0. The van der Waals surface area contributed by atoms with Crippen molar-refractivity contribution < 1.29 is 37.9 Å². The Bertz CT molecular complexity index is 100. The van der Waals surface area contributed by atoms with Gasteiger partial charge in [0.25, 0.3) is 0 Å². The predicted molar refractivity (Wildman–Crippen MR) is 35.3 cm³/mol. The first kappa shape index (κ1) is 47.7. The summed E-state index contributed by atoms with van der Waals surface area (Å²) in [5, 5.41) is 0. The quantitative estimate of drug-likeness (QED) is 0.499. The normalized spacial score (nSPS) is 5.80. The Balaban J connectivity index is -0.00000000800. The van der Waals surface area contributed by atoms with Gasteiger partial charge >= 0.3 is 10.4 Å². The van der Waals surface area contributed by atoms with Gasteiger partial charge in [0, 0.05) is 20.4 Å². The van der Waals surface area contributed by atoms with Crippen LogP contribution in [-0.4, -0.2) is 17.5 Å². The summed E-state index contributed by atoms with van der Waals surface area (Å²) in [6, 6.07) is 0. The molecule has 74 valence electrons. The molecule has 0 spiro atoms. The van der Waals surface area contributed by atoms with Crippen LogP contribution in [0.4, 0.5) is 0 Å². The van der Waals surface area contributed by atoms with Crippen molar-refractivity contribution >= 4 is 10.4 Å². The molecule has 0 aliphatic rings. The van der Waals surface area contributed by atoms with Crippen LogP contribution in [0.3, 0.4) is 0 Å². The minimum absolute atomic E-state index is 0. The van der Waals surface area contributed by atoms with Crippen LogP contribution in [0.5, 0.6) is 0 Å². The van der Waals surface area contributed by atoms with Crippen LogP contribution in [0.1, 0.15) is 0 Å². The van der Waals surface area contributed by atoms with Gasteiger partial charge in [0.2, 0.25) is 0 Å². The Kier molecular flexibility index (Phi) is 77.1. The van der Waals surface area contributed by atoms with Crippen LogP contribution in [0.15, 0.2) is 0 Å². The molecule has 0 aliphatic carbocycles. The van der Waals surface area contributed by atoms with Crippen molar-refractivity contribution in [3.63, 3.8) is 0 Å². The average molecular weight is 269 g/mol. The molecule has 0 atom stereocenters. The minimum Gasteiger partial charge on any atom is -0.693 e. The summed E-state index contributed by atoms with van der Waals surface area (Å²) in [7, 11) is -4.67. The van der Waals surface area contributed by atoms with E-state index in [2.05, 4.69) is 0 Å². The fraction of sp³-hybridized carbons (Fsp3) is 0. The summed E-state index contributed by atoms with van der Waals surface area (Å²) < 4.78 is 31.6. The van der Waals surface area contributed by atoms with E-state index in [9.17, 15) is 0 Å². The summed E-state index contributed by atoms with van der Waals surface area (Å²) in [5.41, 5.74) is 0. The molecule has 0 unspecified atom stereocenters. The molecule has 10 heavy (non-hydrogen) atoms. The van der Waals surface area contributed by atoms with Crippen LogP contribution >= 0.6 is 0 Å². The molecule has 0 aliphatic heterocycles. The molecule has 0 rings (SSSR count). The summed E-state index contributed by atoms with van der Waals surface area (Å²) >= 11 is 0. The second-order valence-corrected chi connectivity index (χ2v) is 1.34. The number of hydrogen-bond donors (Lipinski definition) is 2. The zero-order valence-electron chi connectivity index (χ0n) is 4.74. The average Bonchev–Trinajstić information content (AvgIpc) is 0.722. The van der Waals surface area contributed by atoms with Crippen LogP contribution < -0.4 is 0 Å². The van der Waals surface area contributed by atoms with Crippen molar-refractivity contribution in [1.29, 1.82) is 0 Å². The Morgan fingerprint density at radius 2 is 0.800 bits per heavy atom. The van der Waals surface area contributed by atoms with Crippen molar-refractivity contribution in [1.82, 2.24) is 0 Å².